The second-order valence-electron chi connectivity index (χ2n) is 5.93. The molecule has 0 aromatic heterocycles. The van der Waals surface area contributed by atoms with Crippen molar-refractivity contribution in [2.24, 2.45) is 0 Å². The molecular formula is C18H17N3O. The third kappa shape index (κ3) is 2.31. The van der Waals surface area contributed by atoms with Crippen LogP contribution in [-0.4, -0.2) is 11.4 Å². The van der Waals surface area contributed by atoms with Crippen molar-refractivity contribution in [3.63, 3.8) is 0 Å². The lowest BCUT2D eigenvalue weighted by molar-refractivity contribution is -0.122. The van der Waals surface area contributed by atoms with Crippen LogP contribution in [0.25, 0.3) is 0 Å². The summed E-state index contributed by atoms with van der Waals surface area (Å²) >= 11 is 0. The monoisotopic (exact) mass is 291 g/mol. The van der Waals surface area contributed by atoms with Crippen LogP contribution in [0.15, 0.2) is 48.5 Å². The summed E-state index contributed by atoms with van der Waals surface area (Å²) < 4.78 is 0. The number of nitrogens with zero attached hydrogens (tertiary/aromatic N) is 2. The Morgan fingerprint density at radius 2 is 1.82 bits per heavy atom. The fraction of sp³-hybridized carbons (Fsp3) is 0.222. The number of nitriles is 1. The molecule has 1 aliphatic heterocycles. The molecule has 22 heavy (non-hydrogen) atoms. The molecule has 0 atom stereocenters. The second kappa shape index (κ2) is 5.19. The quantitative estimate of drug-likeness (QED) is 0.923. The van der Waals surface area contributed by atoms with Gasteiger partial charge in [0.05, 0.1) is 29.6 Å². The smallest absolute Gasteiger partial charge is 0.252 e. The molecule has 0 aliphatic carbocycles. The Bertz CT molecular complexity index is 774. The predicted molar refractivity (Wildman–Crippen MR) is 86.5 cm³/mol. The number of amides is 1. The third-order valence-electron chi connectivity index (χ3n) is 3.89. The Labute approximate surface area is 130 Å². The van der Waals surface area contributed by atoms with Gasteiger partial charge in [0.25, 0.3) is 5.91 Å². The Morgan fingerprint density at radius 3 is 2.59 bits per heavy atom. The molecular weight excluding hydrogens is 274 g/mol. The largest absolute Gasteiger partial charge is 0.370 e. The first-order chi connectivity index (χ1) is 10.5. The molecule has 1 heterocycles. The summed E-state index contributed by atoms with van der Waals surface area (Å²) in [7, 11) is 0. The van der Waals surface area contributed by atoms with E-state index >= 15 is 0 Å². The summed E-state index contributed by atoms with van der Waals surface area (Å²) in [6, 6.07) is 17.3. The molecule has 0 spiro atoms. The fourth-order valence-corrected chi connectivity index (χ4v) is 2.75. The zero-order valence-corrected chi connectivity index (χ0v) is 12.6. The summed E-state index contributed by atoms with van der Waals surface area (Å²) in [4.78, 5) is 14.5. The van der Waals surface area contributed by atoms with Gasteiger partial charge in [0.15, 0.2) is 0 Å². The molecule has 0 radical (unpaired) electrons. The normalized spacial score (nSPS) is 15.7. The van der Waals surface area contributed by atoms with Gasteiger partial charge in [-0.1, -0.05) is 30.3 Å². The fourth-order valence-electron chi connectivity index (χ4n) is 2.75. The van der Waals surface area contributed by atoms with Gasteiger partial charge in [-0.2, -0.15) is 5.26 Å². The van der Waals surface area contributed by atoms with Gasteiger partial charge >= 0.3 is 0 Å². The highest BCUT2D eigenvalue weighted by Crippen LogP contribution is 2.36. The van der Waals surface area contributed by atoms with Gasteiger partial charge in [0, 0.05) is 0 Å². The average molecular weight is 291 g/mol. The number of fused-ring (bicyclic) bond motifs is 1. The minimum atomic E-state index is -0.671. The number of rotatable bonds is 2. The van der Waals surface area contributed by atoms with Crippen LogP contribution >= 0.6 is 0 Å². The molecule has 2 aromatic rings. The standard InChI is InChI=1S/C18H17N3O/c1-18(2)17(22)21(16-10-6-5-9-15(16)20-18)12-14-8-4-3-7-13(14)11-19/h3-10,20H,12H2,1-2H3. The Kier molecular flexibility index (Phi) is 3.34. The van der Waals surface area contributed by atoms with Crippen molar-refractivity contribution in [1.29, 1.82) is 5.26 Å². The van der Waals surface area contributed by atoms with E-state index in [-0.39, 0.29) is 5.91 Å². The molecule has 4 nitrogen and oxygen atoms in total. The van der Waals surface area contributed by atoms with Gasteiger partial charge in [0.2, 0.25) is 0 Å². The van der Waals surface area contributed by atoms with E-state index < -0.39 is 5.54 Å². The van der Waals surface area contributed by atoms with Crippen LogP contribution in [0.3, 0.4) is 0 Å². The van der Waals surface area contributed by atoms with Crippen molar-refractivity contribution in [2.75, 3.05) is 10.2 Å². The molecule has 1 amide bonds. The molecule has 0 unspecified atom stereocenters. The maximum absolute atomic E-state index is 12.8. The zero-order valence-electron chi connectivity index (χ0n) is 12.6. The van der Waals surface area contributed by atoms with Crippen LogP contribution in [0, 0.1) is 11.3 Å². The molecule has 110 valence electrons. The van der Waals surface area contributed by atoms with E-state index in [2.05, 4.69) is 11.4 Å². The average Bonchev–Trinajstić information content (AvgIpc) is 2.52. The number of benzene rings is 2. The lowest BCUT2D eigenvalue weighted by Gasteiger charge is -2.40. The summed E-state index contributed by atoms with van der Waals surface area (Å²) in [5, 5.41) is 12.5. The summed E-state index contributed by atoms with van der Waals surface area (Å²) in [6.07, 6.45) is 0. The number of anilines is 2. The van der Waals surface area contributed by atoms with Crippen LogP contribution in [0.1, 0.15) is 25.0 Å². The topological polar surface area (TPSA) is 56.1 Å². The maximum Gasteiger partial charge on any atom is 0.252 e. The van der Waals surface area contributed by atoms with Crippen LogP contribution in [0.4, 0.5) is 11.4 Å². The van der Waals surface area contributed by atoms with Crippen molar-refractivity contribution in [3.8, 4) is 6.07 Å². The first-order valence-corrected chi connectivity index (χ1v) is 7.20. The minimum absolute atomic E-state index is 0.000979. The summed E-state index contributed by atoms with van der Waals surface area (Å²) in [6.45, 7) is 4.13. The third-order valence-corrected chi connectivity index (χ3v) is 3.89. The number of carbonyl (C=O) groups excluding carboxylic acids is 1. The molecule has 4 heteroatoms. The summed E-state index contributed by atoms with van der Waals surface area (Å²) in [5.74, 6) is -0.000979. The van der Waals surface area contributed by atoms with Gasteiger partial charge in [-0.15, -0.1) is 0 Å². The molecule has 3 rings (SSSR count). The van der Waals surface area contributed by atoms with Gasteiger partial charge in [0.1, 0.15) is 5.54 Å². The molecule has 0 bridgehead atoms. The zero-order chi connectivity index (χ0) is 15.7. The first-order valence-electron chi connectivity index (χ1n) is 7.20. The molecule has 0 saturated carbocycles. The number of nitrogens with one attached hydrogen (secondary N) is 1. The Hall–Kier alpha value is -2.80. The SMILES string of the molecule is CC1(C)Nc2ccccc2N(Cc2ccccc2C#N)C1=O. The van der Waals surface area contributed by atoms with Crippen LogP contribution < -0.4 is 10.2 Å². The van der Waals surface area contributed by atoms with E-state index in [1.165, 1.54) is 0 Å². The van der Waals surface area contributed by atoms with E-state index in [0.717, 1.165) is 16.9 Å². The van der Waals surface area contributed by atoms with Crippen molar-refractivity contribution < 1.29 is 4.79 Å². The van der Waals surface area contributed by atoms with Crippen molar-refractivity contribution in [2.45, 2.75) is 25.9 Å². The van der Waals surface area contributed by atoms with Crippen LogP contribution in [0.5, 0.6) is 0 Å². The van der Waals surface area contributed by atoms with Crippen molar-refractivity contribution in [1.82, 2.24) is 0 Å². The van der Waals surface area contributed by atoms with E-state index in [1.54, 1.807) is 11.0 Å². The number of para-hydroxylation sites is 2. The van der Waals surface area contributed by atoms with E-state index in [9.17, 15) is 10.1 Å². The molecule has 0 fully saturated rings. The van der Waals surface area contributed by atoms with E-state index in [4.69, 9.17) is 0 Å². The summed E-state index contributed by atoms with van der Waals surface area (Å²) in [5.41, 5.74) is 2.56. The van der Waals surface area contributed by atoms with Crippen LogP contribution in [-0.2, 0) is 11.3 Å². The van der Waals surface area contributed by atoms with Gasteiger partial charge < -0.3 is 10.2 Å². The molecule has 1 N–H and O–H groups in total. The molecule has 1 aliphatic rings. The van der Waals surface area contributed by atoms with Crippen molar-refractivity contribution in [3.05, 3.63) is 59.7 Å². The lowest BCUT2D eigenvalue weighted by atomic mass is 9.97. The highest BCUT2D eigenvalue weighted by molar-refractivity contribution is 6.07. The van der Waals surface area contributed by atoms with Gasteiger partial charge in [-0.25, -0.2) is 0 Å². The van der Waals surface area contributed by atoms with E-state index in [0.29, 0.717) is 12.1 Å². The predicted octanol–water partition coefficient (Wildman–Crippen LogP) is 3.30. The van der Waals surface area contributed by atoms with E-state index in [1.807, 2.05) is 56.3 Å². The second-order valence-corrected chi connectivity index (χ2v) is 5.93. The highest BCUT2D eigenvalue weighted by atomic mass is 16.2. The number of hydrogen-bond donors (Lipinski definition) is 1. The number of carbonyl (C=O) groups is 1. The van der Waals surface area contributed by atoms with Crippen LogP contribution in [0.2, 0.25) is 0 Å². The number of hydrogen-bond acceptors (Lipinski definition) is 3. The van der Waals surface area contributed by atoms with Gasteiger partial charge in [-0.3, -0.25) is 4.79 Å². The maximum atomic E-state index is 12.8. The lowest BCUT2D eigenvalue weighted by Crippen LogP contribution is -2.53. The molecule has 2 aromatic carbocycles. The highest BCUT2D eigenvalue weighted by Gasteiger charge is 2.38. The first kappa shape index (κ1) is 14.2. The van der Waals surface area contributed by atoms with Crippen molar-refractivity contribution >= 4 is 17.3 Å². The Balaban J connectivity index is 2.05. The molecule has 0 saturated heterocycles. The minimum Gasteiger partial charge on any atom is -0.370 e. The van der Waals surface area contributed by atoms with Gasteiger partial charge in [-0.05, 0) is 37.6 Å². The Morgan fingerprint density at radius 1 is 1.14 bits per heavy atom.